The molecule has 12 nitrogen and oxygen atoms in total. The van der Waals surface area contributed by atoms with Gasteiger partial charge in [-0.25, -0.2) is 29.9 Å². The topological polar surface area (TPSA) is 164 Å². The van der Waals surface area contributed by atoms with E-state index in [0.717, 1.165) is 98.8 Å². The van der Waals surface area contributed by atoms with Crippen LogP contribution in [0.4, 0.5) is 0 Å². The summed E-state index contributed by atoms with van der Waals surface area (Å²) in [5.41, 5.74) is 29.5. The van der Waals surface area contributed by atoms with Gasteiger partial charge in [0.05, 0.1) is 50.2 Å². The maximum absolute atomic E-state index is 10.8. The minimum atomic E-state index is -0.248. The number of hydrogen-bond donors (Lipinski definition) is 0. The molecule has 0 saturated carbocycles. The maximum Gasteiger partial charge on any atom is 0.162 e. The second-order valence-corrected chi connectivity index (χ2v) is 34.1. The molecule has 0 fully saturated rings. The summed E-state index contributed by atoms with van der Waals surface area (Å²) in [4.78, 5) is 30.5. The van der Waals surface area contributed by atoms with Gasteiger partial charge in [0.2, 0.25) is 0 Å². The van der Waals surface area contributed by atoms with E-state index < -0.39 is 0 Å². The van der Waals surface area contributed by atoms with E-state index in [4.69, 9.17) is 29.9 Å². The monoisotopic (exact) mass is 1610 g/mol. The fourth-order valence-corrected chi connectivity index (χ4v) is 20.1. The molecule has 3 aliphatic carbocycles. The van der Waals surface area contributed by atoms with Crippen molar-refractivity contribution in [2.45, 2.75) is 57.8 Å². The van der Waals surface area contributed by atoms with Crippen LogP contribution in [0.2, 0.25) is 0 Å². The van der Waals surface area contributed by atoms with Crippen molar-refractivity contribution in [2.24, 2.45) is 0 Å². The van der Waals surface area contributed by atoms with Crippen LogP contribution in [0.1, 0.15) is 91.6 Å². The molecule has 0 bridgehead atoms. The quantitative estimate of drug-likeness (QED) is 0.137. The van der Waals surface area contributed by atoms with Gasteiger partial charge in [-0.3, -0.25) is 13.7 Å². The van der Waals surface area contributed by atoms with E-state index in [2.05, 4.69) is 249 Å². The Morgan fingerprint density at radius 2 is 0.556 bits per heavy atom. The molecule has 0 atom stereocenters. The Balaban J connectivity index is 0.000000112. The summed E-state index contributed by atoms with van der Waals surface area (Å²) in [7, 11) is 0. The highest BCUT2D eigenvalue weighted by Crippen LogP contribution is 2.57. The molecule has 15 aromatic carbocycles. The van der Waals surface area contributed by atoms with E-state index >= 15 is 0 Å². The molecule has 12 heteroatoms. The summed E-state index contributed by atoms with van der Waals surface area (Å²) in [5.74, 6) is 3.53. The van der Waals surface area contributed by atoms with Crippen molar-refractivity contribution in [3.05, 3.63) is 414 Å². The predicted molar refractivity (Wildman–Crippen MR) is 509 cm³/mol. The Bertz CT molecular complexity index is 8170. The number of rotatable bonds is 9. The number of nitriles is 3. The van der Waals surface area contributed by atoms with Gasteiger partial charge in [0, 0.05) is 87.5 Å². The number of fused-ring (bicyclic) bond motifs is 20. The number of para-hydroxylation sites is 3. The van der Waals surface area contributed by atoms with E-state index in [0.29, 0.717) is 68.7 Å². The number of nitrogens with zero attached hydrogens (tertiary/aromatic N) is 12. The first-order chi connectivity index (χ1) is 61.7. The third-order valence-corrected chi connectivity index (χ3v) is 26.0. The van der Waals surface area contributed by atoms with Crippen LogP contribution < -0.4 is 0 Å². The average molecular weight is 1620 g/mol. The lowest BCUT2D eigenvalue weighted by Crippen LogP contribution is -2.17. The number of benzene rings is 15. The second-order valence-electron chi connectivity index (χ2n) is 34.1. The van der Waals surface area contributed by atoms with Gasteiger partial charge in [0.1, 0.15) is 34.9 Å². The Morgan fingerprint density at radius 3 is 1.00 bits per heavy atom. The van der Waals surface area contributed by atoms with Gasteiger partial charge >= 0.3 is 0 Å². The molecule has 126 heavy (non-hydrogen) atoms. The van der Waals surface area contributed by atoms with E-state index in [1.165, 1.54) is 66.8 Å². The molecule has 3 aliphatic rings. The van der Waals surface area contributed by atoms with E-state index in [-0.39, 0.29) is 16.2 Å². The van der Waals surface area contributed by atoms with Crippen molar-refractivity contribution in [3.63, 3.8) is 0 Å². The van der Waals surface area contributed by atoms with E-state index in [1.54, 1.807) is 0 Å². The SMILES string of the molecule is CC1(C)c2ccccc2-c2c1ccc1c3ccccc3n(-c3nc(-c4ccccc4)nc(-c4ccccc4)c3C#N)c21.CC1(C)c2ccccc2-c2cc3c4ccccc4n(-c4nc(-c5ccccc5)nc(-c5ccccc5)c4C#N)c3cc21.CC1(C)c2ccccc2-c2ccc3c4ccccc4n(-c4nc(-c5ccccc5)nc(-c5ccccc5)c4C#N)c3c21. The van der Waals surface area contributed by atoms with Crippen LogP contribution in [0.5, 0.6) is 0 Å². The molecule has 6 aromatic heterocycles. The lowest BCUT2D eigenvalue weighted by atomic mass is 9.81. The summed E-state index contributed by atoms with van der Waals surface area (Å²) < 4.78 is 6.60. The van der Waals surface area contributed by atoms with Gasteiger partial charge in [-0.15, -0.1) is 0 Å². The summed E-state index contributed by atoms with van der Waals surface area (Å²) in [5, 5.41) is 39.0. The predicted octanol–water partition coefficient (Wildman–Crippen LogP) is 27.3. The standard InChI is InChI=1S/3C38H26N4/c1-38(2)30-19-11-9-18-28(30)33-31(38)22-21-27-26-17-10-12-20-32(26)42(35(27)33)37-29(23-39)34(24-13-5-3-6-14-24)40-36(41-37)25-15-7-4-8-16-25;1-38(2)31-19-11-9-17-26(31)28-21-29-27-18-10-12-20-33(27)42(34(29)22-32(28)38)37-30(23-39)35(24-13-5-3-6-14-24)40-36(41-37)25-15-7-4-8-16-25;1-38(2)31-19-11-9-17-26(31)28-21-22-29-27-18-10-12-20-32(27)42(35(29)33(28)38)37-30(23-39)34(24-13-5-3-6-14-24)40-36(41-37)25-15-7-4-8-16-25/h3*3-22H,1-2H3. The number of aromatic nitrogens is 9. The van der Waals surface area contributed by atoms with Crippen LogP contribution in [0, 0.1) is 34.0 Å². The lowest BCUT2D eigenvalue weighted by molar-refractivity contribution is 0.660. The summed E-state index contributed by atoms with van der Waals surface area (Å²) in [6, 6.07) is 132. The van der Waals surface area contributed by atoms with Crippen LogP contribution in [-0.4, -0.2) is 43.6 Å². The summed E-state index contributed by atoms with van der Waals surface area (Å²) >= 11 is 0. The van der Waals surface area contributed by atoms with Crippen molar-refractivity contribution in [1.82, 2.24) is 43.6 Å². The molecule has 0 N–H and O–H groups in total. The maximum atomic E-state index is 10.8. The van der Waals surface area contributed by atoms with Crippen molar-refractivity contribution < 1.29 is 0 Å². The average Bonchev–Trinajstić information content (AvgIpc) is 1.58. The van der Waals surface area contributed by atoms with Crippen LogP contribution in [0.25, 0.3) is 184 Å². The van der Waals surface area contributed by atoms with Crippen LogP contribution in [0.15, 0.2) is 364 Å². The van der Waals surface area contributed by atoms with Gasteiger partial charge in [-0.2, -0.15) is 15.8 Å². The third kappa shape index (κ3) is 11.8. The first kappa shape index (κ1) is 75.6. The fraction of sp³-hybridized carbons (Fsp3) is 0.0789. The van der Waals surface area contributed by atoms with Gasteiger partial charge in [0.15, 0.2) is 34.9 Å². The van der Waals surface area contributed by atoms with Gasteiger partial charge in [-0.1, -0.05) is 375 Å². The third-order valence-electron chi connectivity index (χ3n) is 26.0. The van der Waals surface area contributed by atoms with Crippen LogP contribution in [0.3, 0.4) is 0 Å². The normalized spacial score (nSPS) is 13.2. The van der Waals surface area contributed by atoms with Crippen molar-refractivity contribution in [1.29, 1.82) is 15.8 Å². The zero-order valence-electron chi connectivity index (χ0n) is 70.0. The molecular formula is C114H78N12. The second kappa shape index (κ2) is 29.6. The highest BCUT2D eigenvalue weighted by Gasteiger charge is 2.42. The smallest absolute Gasteiger partial charge is 0.162 e. The molecule has 0 unspecified atom stereocenters. The molecule has 0 amide bonds. The Morgan fingerprint density at radius 1 is 0.230 bits per heavy atom. The van der Waals surface area contributed by atoms with Crippen molar-refractivity contribution in [2.75, 3.05) is 0 Å². The van der Waals surface area contributed by atoms with Crippen molar-refractivity contribution >= 4 is 65.4 Å². The van der Waals surface area contributed by atoms with Gasteiger partial charge in [0.25, 0.3) is 0 Å². The van der Waals surface area contributed by atoms with E-state index in [9.17, 15) is 15.8 Å². The summed E-state index contributed by atoms with van der Waals surface area (Å²) in [6.45, 7) is 13.8. The number of hydrogen-bond acceptors (Lipinski definition) is 9. The fourth-order valence-electron chi connectivity index (χ4n) is 20.1. The zero-order valence-corrected chi connectivity index (χ0v) is 70.0. The minimum Gasteiger partial charge on any atom is -0.293 e. The van der Waals surface area contributed by atoms with Gasteiger partial charge < -0.3 is 0 Å². The minimum absolute atomic E-state index is 0.157. The molecule has 594 valence electrons. The first-order valence-corrected chi connectivity index (χ1v) is 42.5. The largest absolute Gasteiger partial charge is 0.293 e. The molecule has 24 rings (SSSR count). The summed E-state index contributed by atoms with van der Waals surface area (Å²) in [6.07, 6.45) is 0. The van der Waals surface area contributed by atoms with E-state index in [1.807, 2.05) is 188 Å². The molecule has 0 radical (unpaired) electrons. The zero-order chi connectivity index (χ0) is 85.3. The highest BCUT2D eigenvalue weighted by atomic mass is 15.1. The molecule has 0 aliphatic heterocycles. The van der Waals surface area contributed by atoms with Gasteiger partial charge in [-0.05, 0) is 91.5 Å². The van der Waals surface area contributed by atoms with Crippen LogP contribution >= 0.6 is 0 Å². The first-order valence-electron chi connectivity index (χ1n) is 42.5. The molecule has 6 heterocycles. The lowest BCUT2D eigenvalue weighted by Gasteiger charge is -2.24. The van der Waals surface area contributed by atoms with Crippen molar-refractivity contribution in [3.8, 4) is 137 Å². The molecule has 0 saturated heterocycles. The Hall–Kier alpha value is -16.6. The molecule has 0 spiro atoms. The Kier molecular flexibility index (Phi) is 17.8. The van der Waals surface area contributed by atoms with Crippen LogP contribution in [-0.2, 0) is 16.2 Å². The molecule has 21 aromatic rings. The molecular weight excluding hydrogens is 1540 g/mol. The highest BCUT2D eigenvalue weighted by molar-refractivity contribution is 6.17. The Labute approximate surface area is 728 Å².